The number of sulfone groups is 1. The predicted molar refractivity (Wildman–Crippen MR) is 83.2 cm³/mol. The summed E-state index contributed by atoms with van der Waals surface area (Å²) >= 11 is 5.00. The van der Waals surface area contributed by atoms with E-state index < -0.39 is 9.84 Å². The number of hydrogen-bond donors (Lipinski definition) is 1. The molecular formula is C14H21NO2S2. The largest absolute Gasteiger partial charge is 0.393 e. The van der Waals surface area contributed by atoms with Crippen LogP contribution in [0.25, 0.3) is 0 Å². The van der Waals surface area contributed by atoms with Gasteiger partial charge in [-0.1, -0.05) is 45.1 Å². The van der Waals surface area contributed by atoms with Crippen molar-refractivity contribution in [1.82, 2.24) is 0 Å². The summed E-state index contributed by atoms with van der Waals surface area (Å²) in [4.78, 5) is 0.864. The van der Waals surface area contributed by atoms with E-state index in [2.05, 4.69) is 0 Å². The number of hydrogen-bond acceptors (Lipinski definition) is 3. The molecule has 2 unspecified atom stereocenters. The molecule has 1 rings (SSSR count). The van der Waals surface area contributed by atoms with Gasteiger partial charge in [0.2, 0.25) is 0 Å². The Morgan fingerprint density at radius 3 is 2.21 bits per heavy atom. The molecule has 106 valence electrons. The molecule has 0 aliphatic rings. The minimum atomic E-state index is -3.14. The van der Waals surface area contributed by atoms with Crippen molar-refractivity contribution >= 4 is 27.0 Å². The van der Waals surface area contributed by atoms with Gasteiger partial charge in [-0.25, -0.2) is 8.42 Å². The second-order valence-corrected chi connectivity index (χ2v) is 7.45. The molecule has 0 aliphatic heterocycles. The first kappa shape index (κ1) is 16.1. The van der Waals surface area contributed by atoms with E-state index in [9.17, 15) is 8.42 Å². The molecule has 1 aromatic carbocycles. The number of thiocarbonyl (C=S) groups is 1. The second kappa shape index (κ2) is 6.48. The Labute approximate surface area is 121 Å². The molecule has 0 bridgehead atoms. The third-order valence-electron chi connectivity index (χ3n) is 3.44. The fourth-order valence-electron chi connectivity index (χ4n) is 1.90. The van der Waals surface area contributed by atoms with Gasteiger partial charge in [0, 0.05) is 5.92 Å². The van der Waals surface area contributed by atoms with Crippen LogP contribution in [0.5, 0.6) is 0 Å². The highest BCUT2D eigenvalue weighted by Crippen LogP contribution is 2.25. The van der Waals surface area contributed by atoms with Crippen LogP contribution >= 0.6 is 12.2 Å². The lowest BCUT2D eigenvalue weighted by atomic mass is 9.89. The Bertz CT molecular complexity index is 535. The van der Waals surface area contributed by atoms with Crippen LogP contribution < -0.4 is 5.73 Å². The van der Waals surface area contributed by atoms with Crippen molar-refractivity contribution in [1.29, 1.82) is 0 Å². The number of benzene rings is 1. The minimum absolute atomic E-state index is 0.0908. The van der Waals surface area contributed by atoms with Crippen LogP contribution in [0.15, 0.2) is 29.2 Å². The van der Waals surface area contributed by atoms with Gasteiger partial charge < -0.3 is 5.73 Å². The predicted octanol–water partition coefficient (Wildman–Crippen LogP) is 2.90. The fraction of sp³-hybridized carbons (Fsp3) is 0.500. The SMILES string of the molecule is CCCS(=O)(=O)c1ccc(C(C)C(C)C(N)=S)cc1. The summed E-state index contributed by atoms with van der Waals surface area (Å²) in [5.41, 5.74) is 6.70. The van der Waals surface area contributed by atoms with E-state index >= 15 is 0 Å². The van der Waals surface area contributed by atoms with Crippen molar-refractivity contribution in [2.24, 2.45) is 11.7 Å². The molecule has 0 amide bonds. The Hall–Kier alpha value is -0.940. The van der Waals surface area contributed by atoms with E-state index in [0.29, 0.717) is 16.3 Å². The molecule has 2 N–H and O–H groups in total. The van der Waals surface area contributed by atoms with Crippen LogP contribution in [0.2, 0.25) is 0 Å². The second-order valence-electron chi connectivity index (χ2n) is 4.87. The van der Waals surface area contributed by atoms with E-state index in [0.717, 1.165) is 5.56 Å². The average molecular weight is 299 g/mol. The topological polar surface area (TPSA) is 60.2 Å². The molecule has 5 heteroatoms. The molecule has 0 saturated heterocycles. The van der Waals surface area contributed by atoms with Gasteiger partial charge in [0.25, 0.3) is 0 Å². The third kappa shape index (κ3) is 4.01. The Balaban J connectivity index is 2.97. The van der Waals surface area contributed by atoms with Crippen molar-refractivity contribution in [2.45, 2.75) is 38.0 Å². The van der Waals surface area contributed by atoms with Crippen LogP contribution in [-0.4, -0.2) is 19.2 Å². The molecule has 19 heavy (non-hydrogen) atoms. The molecule has 0 aromatic heterocycles. The van der Waals surface area contributed by atoms with Gasteiger partial charge in [-0.2, -0.15) is 0 Å². The molecule has 0 heterocycles. The summed E-state index contributed by atoms with van der Waals surface area (Å²) < 4.78 is 23.8. The summed E-state index contributed by atoms with van der Waals surface area (Å²) in [6.07, 6.45) is 0.624. The number of nitrogens with two attached hydrogens (primary N) is 1. The van der Waals surface area contributed by atoms with Crippen LogP contribution in [0, 0.1) is 5.92 Å². The van der Waals surface area contributed by atoms with Crippen LogP contribution in [0.4, 0.5) is 0 Å². The average Bonchev–Trinajstić information content (AvgIpc) is 2.37. The Morgan fingerprint density at radius 2 is 1.79 bits per heavy atom. The molecule has 0 spiro atoms. The summed E-state index contributed by atoms with van der Waals surface area (Å²) in [5, 5.41) is 0. The fourth-order valence-corrected chi connectivity index (χ4v) is 3.43. The molecule has 0 radical (unpaired) electrons. The lowest BCUT2D eigenvalue weighted by Crippen LogP contribution is -2.23. The van der Waals surface area contributed by atoms with E-state index in [1.807, 2.05) is 32.9 Å². The minimum Gasteiger partial charge on any atom is -0.393 e. The molecule has 1 aromatic rings. The molecule has 2 atom stereocenters. The maximum absolute atomic E-state index is 11.9. The van der Waals surface area contributed by atoms with Gasteiger partial charge in [-0.3, -0.25) is 0 Å². The highest BCUT2D eigenvalue weighted by molar-refractivity contribution is 7.91. The van der Waals surface area contributed by atoms with E-state index in [4.69, 9.17) is 18.0 Å². The Morgan fingerprint density at radius 1 is 1.26 bits per heavy atom. The summed E-state index contributed by atoms with van der Waals surface area (Å²) in [5.74, 6) is 0.457. The lowest BCUT2D eigenvalue weighted by molar-refractivity contribution is 0.594. The van der Waals surface area contributed by atoms with Crippen molar-refractivity contribution < 1.29 is 8.42 Å². The smallest absolute Gasteiger partial charge is 0.178 e. The molecule has 0 aliphatic carbocycles. The molecular weight excluding hydrogens is 278 g/mol. The normalized spacial score (nSPS) is 14.9. The zero-order valence-electron chi connectivity index (χ0n) is 11.6. The van der Waals surface area contributed by atoms with Crippen LogP contribution in [-0.2, 0) is 9.84 Å². The van der Waals surface area contributed by atoms with E-state index in [1.165, 1.54) is 0 Å². The quantitative estimate of drug-likeness (QED) is 0.821. The van der Waals surface area contributed by atoms with Crippen molar-refractivity contribution in [3.05, 3.63) is 29.8 Å². The first-order chi connectivity index (χ1) is 8.79. The van der Waals surface area contributed by atoms with E-state index in [1.54, 1.807) is 12.1 Å². The highest BCUT2D eigenvalue weighted by Gasteiger charge is 2.18. The zero-order valence-corrected chi connectivity index (χ0v) is 13.2. The molecule has 3 nitrogen and oxygen atoms in total. The van der Waals surface area contributed by atoms with Gasteiger partial charge >= 0.3 is 0 Å². The summed E-state index contributed by atoms with van der Waals surface area (Å²) in [6, 6.07) is 7.04. The van der Waals surface area contributed by atoms with Gasteiger partial charge in [0.05, 0.1) is 15.6 Å². The lowest BCUT2D eigenvalue weighted by Gasteiger charge is -2.19. The van der Waals surface area contributed by atoms with E-state index in [-0.39, 0.29) is 17.6 Å². The zero-order chi connectivity index (χ0) is 14.6. The van der Waals surface area contributed by atoms with Gasteiger partial charge in [0.15, 0.2) is 9.84 Å². The van der Waals surface area contributed by atoms with Crippen LogP contribution in [0.3, 0.4) is 0 Å². The summed E-state index contributed by atoms with van der Waals surface area (Å²) in [6.45, 7) is 5.88. The van der Waals surface area contributed by atoms with Crippen molar-refractivity contribution in [3.8, 4) is 0 Å². The first-order valence-corrected chi connectivity index (χ1v) is 8.47. The standard InChI is InChI=1S/C14H21NO2S2/c1-4-9-19(16,17)13-7-5-12(6-8-13)10(2)11(3)14(15)18/h5-8,10-11H,4,9H2,1-3H3,(H2,15,18). The van der Waals surface area contributed by atoms with Crippen molar-refractivity contribution in [2.75, 3.05) is 5.75 Å². The first-order valence-electron chi connectivity index (χ1n) is 6.41. The monoisotopic (exact) mass is 299 g/mol. The Kier molecular flexibility index (Phi) is 5.50. The van der Waals surface area contributed by atoms with Gasteiger partial charge in [0.1, 0.15) is 0 Å². The molecule has 0 saturated carbocycles. The maximum atomic E-state index is 11.9. The highest BCUT2D eigenvalue weighted by atomic mass is 32.2. The third-order valence-corrected chi connectivity index (χ3v) is 5.74. The summed E-state index contributed by atoms with van der Waals surface area (Å²) in [7, 11) is -3.14. The van der Waals surface area contributed by atoms with Gasteiger partial charge in [-0.05, 0) is 30.0 Å². The maximum Gasteiger partial charge on any atom is 0.178 e. The van der Waals surface area contributed by atoms with Crippen LogP contribution in [0.1, 0.15) is 38.7 Å². The van der Waals surface area contributed by atoms with Crippen molar-refractivity contribution in [3.63, 3.8) is 0 Å². The number of rotatable bonds is 6. The molecule has 0 fully saturated rings. The van der Waals surface area contributed by atoms with Gasteiger partial charge in [-0.15, -0.1) is 0 Å².